The molecule has 0 aliphatic carbocycles. The van der Waals surface area contributed by atoms with Gasteiger partial charge in [-0.2, -0.15) is 0 Å². The highest BCUT2D eigenvalue weighted by Crippen LogP contribution is 2.17. The summed E-state index contributed by atoms with van der Waals surface area (Å²) in [5.74, 6) is -0.319. The number of benzene rings is 2. The van der Waals surface area contributed by atoms with Gasteiger partial charge in [-0.15, -0.1) is 0 Å². The highest BCUT2D eigenvalue weighted by atomic mass is 19.1. The van der Waals surface area contributed by atoms with Crippen LogP contribution in [0.5, 0.6) is 0 Å². The van der Waals surface area contributed by atoms with Crippen molar-refractivity contribution in [2.75, 3.05) is 16.8 Å². The molecule has 2 rings (SSSR count). The van der Waals surface area contributed by atoms with Crippen molar-refractivity contribution < 1.29 is 9.18 Å². The zero-order chi connectivity index (χ0) is 15.2. The highest BCUT2D eigenvalue weighted by molar-refractivity contribution is 5.96. The van der Waals surface area contributed by atoms with Gasteiger partial charge in [-0.1, -0.05) is 18.2 Å². The zero-order valence-corrected chi connectivity index (χ0v) is 12.2. The van der Waals surface area contributed by atoms with Crippen LogP contribution in [-0.2, 0) is 4.79 Å². The second-order valence-corrected chi connectivity index (χ2v) is 5.05. The number of nitrogens with zero attached hydrogens (tertiary/aromatic N) is 1. The Balaban J connectivity index is 2.04. The number of amides is 1. The lowest BCUT2D eigenvalue weighted by Crippen LogP contribution is -2.40. The van der Waals surface area contributed by atoms with Crippen LogP contribution in [0.25, 0.3) is 0 Å². The molecular formula is C17H19FN2O. The fraction of sp³-hybridized carbons (Fsp3) is 0.235. The first-order valence-electron chi connectivity index (χ1n) is 6.94. The maximum Gasteiger partial charge on any atom is 0.246 e. The van der Waals surface area contributed by atoms with Gasteiger partial charge < -0.3 is 10.2 Å². The second kappa shape index (κ2) is 6.88. The van der Waals surface area contributed by atoms with Crippen molar-refractivity contribution in [1.82, 2.24) is 0 Å². The van der Waals surface area contributed by atoms with Crippen LogP contribution in [0.15, 0.2) is 54.6 Å². The largest absolute Gasteiger partial charge is 0.376 e. The Morgan fingerprint density at radius 2 is 1.71 bits per heavy atom. The third-order valence-corrected chi connectivity index (χ3v) is 3.11. The number of carbonyl (C=O) groups is 1. The van der Waals surface area contributed by atoms with E-state index < -0.39 is 0 Å². The third kappa shape index (κ3) is 4.05. The van der Waals surface area contributed by atoms with Gasteiger partial charge in [0.15, 0.2) is 0 Å². The number of anilines is 2. The normalized spacial score (nSPS) is 10.5. The summed E-state index contributed by atoms with van der Waals surface area (Å²) in [7, 11) is 0. The molecule has 0 aromatic heterocycles. The van der Waals surface area contributed by atoms with Gasteiger partial charge >= 0.3 is 0 Å². The lowest BCUT2D eigenvalue weighted by atomic mass is 10.2. The van der Waals surface area contributed by atoms with Crippen LogP contribution < -0.4 is 10.2 Å². The molecule has 21 heavy (non-hydrogen) atoms. The minimum Gasteiger partial charge on any atom is -0.376 e. The molecule has 0 saturated carbocycles. The van der Waals surface area contributed by atoms with Crippen LogP contribution >= 0.6 is 0 Å². The lowest BCUT2D eigenvalue weighted by Gasteiger charge is -2.27. The van der Waals surface area contributed by atoms with Crippen molar-refractivity contribution in [1.29, 1.82) is 0 Å². The standard InChI is InChI=1S/C17H19FN2O/c1-13(2)20(16-6-4-3-5-7-16)17(21)12-19-15-10-8-14(18)9-11-15/h3-11,13,19H,12H2,1-2H3. The van der Waals surface area contributed by atoms with Crippen LogP contribution in [0, 0.1) is 5.82 Å². The average molecular weight is 286 g/mol. The lowest BCUT2D eigenvalue weighted by molar-refractivity contribution is -0.117. The Hall–Kier alpha value is -2.36. The zero-order valence-electron chi connectivity index (χ0n) is 12.2. The summed E-state index contributed by atoms with van der Waals surface area (Å²) in [4.78, 5) is 14.2. The molecule has 0 bridgehead atoms. The van der Waals surface area contributed by atoms with E-state index in [1.807, 2.05) is 44.2 Å². The number of halogens is 1. The number of nitrogens with one attached hydrogen (secondary N) is 1. The van der Waals surface area contributed by atoms with Crippen LogP contribution in [0.1, 0.15) is 13.8 Å². The van der Waals surface area contributed by atoms with Crippen molar-refractivity contribution in [2.45, 2.75) is 19.9 Å². The van der Waals surface area contributed by atoms with Crippen molar-refractivity contribution in [3.8, 4) is 0 Å². The average Bonchev–Trinajstić information content (AvgIpc) is 2.47. The van der Waals surface area contributed by atoms with Crippen molar-refractivity contribution >= 4 is 17.3 Å². The Kier molecular flexibility index (Phi) is 4.93. The number of para-hydroxylation sites is 1. The Bertz CT molecular complexity index is 581. The molecule has 0 saturated heterocycles. The predicted octanol–water partition coefficient (Wildman–Crippen LogP) is 3.68. The van der Waals surface area contributed by atoms with E-state index in [1.165, 1.54) is 12.1 Å². The number of hydrogen-bond donors (Lipinski definition) is 1. The molecule has 2 aromatic rings. The Morgan fingerprint density at radius 1 is 1.10 bits per heavy atom. The molecule has 110 valence electrons. The molecule has 0 spiro atoms. The molecule has 1 N–H and O–H groups in total. The third-order valence-electron chi connectivity index (χ3n) is 3.11. The van der Waals surface area contributed by atoms with Crippen molar-refractivity contribution in [2.24, 2.45) is 0 Å². The number of hydrogen-bond acceptors (Lipinski definition) is 2. The van der Waals surface area contributed by atoms with E-state index in [9.17, 15) is 9.18 Å². The molecule has 0 fully saturated rings. The first kappa shape index (κ1) is 15.0. The Morgan fingerprint density at radius 3 is 2.29 bits per heavy atom. The summed E-state index contributed by atoms with van der Waals surface area (Å²) in [6.45, 7) is 4.12. The molecule has 0 radical (unpaired) electrons. The van der Waals surface area contributed by atoms with Gasteiger partial charge in [0.25, 0.3) is 0 Å². The van der Waals surface area contributed by atoms with Crippen molar-refractivity contribution in [3.05, 3.63) is 60.4 Å². The maximum atomic E-state index is 12.8. The van der Waals surface area contributed by atoms with E-state index >= 15 is 0 Å². The highest BCUT2D eigenvalue weighted by Gasteiger charge is 2.18. The molecule has 0 atom stereocenters. The minimum atomic E-state index is -0.292. The molecule has 4 heteroatoms. The summed E-state index contributed by atoms with van der Waals surface area (Å²) in [6, 6.07) is 15.6. The molecule has 1 amide bonds. The fourth-order valence-electron chi connectivity index (χ4n) is 2.15. The van der Waals surface area contributed by atoms with Gasteiger partial charge in [-0.3, -0.25) is 4.79 Å². The summed E-state index contributed by atoms with van der Waals surface area (Å²) in [6.07, 6.45) is 0. The SMILES string of the molecule is CC(C)N(C(=O)CNc1ccc(F)cc1)c1ccccc1. The van der Waals surface area contributed by atoms with Crippen LogP contribution in [0.4, 0.5) is 15.8 Å². The maximum absolute atomic E-state index is 12.8. The summed E-state index contributed by atoms with van der Waals surface area (Å²) < 4.78 is 12.8. The fourth-order valence-corrected chi connectivity index (χ4v) is 2.15. The topological polar surface area (TPSA) is 32.3 Å². The molecule has 2 aromatic carbocycles. The van der Waals surface area contributed by atoms with Gasteiger partial charge in [0.1, 0.15) is 5.82 Å². The first-order valence-corrected chi connectivity index (χ1v) is 6.94. The van der Waals surface area contributed by atoms with Gasteiger partial charge in [0.2, 0.25) is 5.91 Å². The van der Waals surface area contributed by atoms with Crippen LogP contribution in [0.2, 0.25) is 0 Å². The van der Waals surface area contributed by atoms with E-state index in [0.717, 1.165) is 11.4 Å². The predicted molar refractivity (Wildman–Crippen MR) is 84.0 cm³/mol. The van der Waals surface area contributed by atoms with E-state index in [4.69, 9.17) is 0 Å². The molecule has 0 aliphatic rings. The molecular weight excluding hydrogens is 267 g/mol. The van der Waals surface area contributed by atoms with Crippen LogP contribution in [0.3, 0.4) is 0 Å². The first-order chi connectivity index (χ1) is 10.1. The van der Waals surface area contributed by atoms with E-state index in [1.54, 1.807) is 17.0 Å². The van der Waals surface area contributed by atoms with Gasteiger partial charge in [-0.05, 0) is 50.2 Å². The van der Waals surface area contributed by atoms with Gasteiger partial charge in [0, 0.05) is 17.4 Å². The van der Waals surface area contributed by atoms with E-state index in [-0.39, 0.29) is 24.3 Å². The van der Waals surface area contributed by atoms with Gasteiger partial charge in [-0.25, -0.2) is 4.39 Å². The molecule has 0 heterocycles. The molecule has 0 unspecified atom stereocenters. The molecule has 0 aliphatic heterocycles. The number of rotatable bonds is 5. The quantitative estimate of drug-likeness (QED) is 0.909. The monoisotopic (exact) mass is 286 g/mol. The van der Waals surface area contributed by atoms with E-state index in [2.05, 4.69) is 5.32 Å². The summed E-state index contributed by atoms with van der Waals surface area (Å²) >= 11 is 0. The van der Waals surface area contributed by atoms with Crippen molar-refractivity contribution in [3.63, 3.8) is 0 Å². The summed E-state index contributed by atoms with van der Waals surface area (Å²) in [5, 5.41) is 3.02. The smallest absolute Gasteiger partial charge is 0.246 e. The number of carbonyl (C=O) groups excluding carboxylic acids is 1. The minimum absolute atomic E-state index is 0.0273. The van der Waals surface area contributed by atoms with E-state index in [0.29, 0.717) is 0 Å². The molecule has 3 nitrogen and oxygen atoms in total. The van der Waals surface area contributed by atoms with Gasteiger partial charge in [0.05, 0.1) is 6.54 Å². The Labute approximate surface area is 124 Å². The van der Waals surface area contributed by atoms with Crippen LogP contribution in [-0.4, -0.2) is 18.5 Å². The summed E-state index contributed by atoms with van der Waals surface area (Å²) in [5.41, 5.74) is 1.60. The second-order valence-electron chi connectivity index (χ2n) is 5.05.